The van der Waals surface area contributed by atoms with Gasteiger partial charge in [0.25, 0.3) is 0 Å². The van der Waals surface area contributed by atoms with Crippen LogP contribution in [0.2, 0.25) is 0 Å². The normalized spacial score (nSPS) is 23.4. The highest BCUT2D eigenvalue weighted by molar-refractivity contribution is 5.73. The Balaban J connectivity index is 0.000000339. The molecule has 1 aromatic heterocycles. The summed E-state index contributed by atoms with van der Waals surface area (Å²) < 4.78 is 56.9. The zero-order chi connectivity index (χ0) is 22.4. The van der Waals surface area contributed by atoms with Gasteiger partial charge in [0.2, 0.25) is 5.88 Å². The first-order valence-corrected chi connectivity index (χ1v) is 9.72. The molecule has 1 saturated heterocycles. The second-order valence-electron chi connectivity index (χ2n) is 7.20. The number of carbonyl (C=O) groups is 1. The number of halogens is 4. The second kappa shape index (κ2) is 10.1. The first kappa shape index (κ1) is 23.0. The van der Waals surface area contributed by atoms with Gasteiger partial charge in [0.05, 0.1) is 6.61 Å². The Hall–Kier alpha value is -2.72. The molecule has 4 rings (SSSR count). The molecule has 0 amide bonds. The van der Waals surface area contributed by atoms with Crippen LogP contribution in [0, 0.1) is 5.82 Å². The Bertz CT molecular complexity index is 849. The Morgan fingerprint density at radius 3 is 2.52 bits per heavy atom. The fourth-order valence-corrected chi connectivity index (χ4v) is 3.71. The molecule has 0 radical (unpaired) electrons. The van der Waals surface area contributed by atoms with Gasteiger partial charge in [0.15, 0.2) is 0 Å². The summed E-state index contributed by atoms with van der Waals surface area (Å²) >= 11 is 0. The number of fused-ring (bicyclic) bond motifs is 1. The van der Waals surface area contributed by atoms with Crippen molar-refractivity contribution in [3.05, 3.63) is 60.0 Å². The monoisotopic (exact) mass is 442 g/mol. The average Bonchev–Trinajstić information content (AvgIpc) is 3.14. The van der Waals surface area contributed by atoms with Crippen LogP contribution in [0.3, 0.4) is 0 Å². The lowest BCUT2D eigenvalue weighted by molar-refractivity contribution is -0.192. The van der Waals surface area contributed by atoms with Crippen molar-refractivity contribution < 1.29 is 36.9 Å². The van der Waals surface area contributed by atoms with Gasteiger partial charge in [0, 0.05) is 31.4 Å². The number of carboxylic acid groups (broad SMARTS) is 1. The summed E-state index contributed by atoms with van der Waals surface area (Å²) in [7, 11) is 0. The molecular weight excluding hydrogens is 420 g/mol. The highest BCUT2D eigenvalue weighted by atomic mass is 19.4. The number of morpholine rings is 1. The highest BCUT2D eigenvalue weighted by Gasteiger charge is 2.44. The maximum atomic E-state index is 13.1. The second-order valence-corrected chi connectivity index (χ2v) is 7.20. The number of nitrogens with zero attached hydrogens (tertiary/aromatic N) is 2. The van der Waals surface area contributed by atoms with Crippen molar-refractivity contribution in [2.75, 3.05) is 13.2 Å². The van der Waals surface area contributed by atoms with Gasteiger partial charge in [-0.25, -0.2) is 14.2 Å². The molecule has 2 aromatic rings. The van der Waals surface area contributed by atoms with Crippen LogP contribution in [-0.4, -0.2) is 58.5 Å². The van der Waals surface area contributed by atoms with Crippen LogP contribution < -0.4 is 4.74 Å². The van der Waals surface area contributed by atoms with E-state index >= 15 is 0 Å². The van der Waals surface area contributed by atoms with E-state index in [1.165, 1.54) is 12.1 Å². The van der Waals surface area contributed by atoms with Gasteiger partial charge in [-0.05, 0) is 36.6 Å². The van der Waals surface area contributed by atoms with E-state index in [9.17, 15) is 17.6 Å². The topological polar surface area (TPSA) is 71.9 Å². The third kappa shape index (κ3) is 6.38. The molecule has 2 aliphatic rings. The van der Waals surface area contributed by atoms with Gasteiger partial charge in [-0.3, -0.25) is 4.90 Å². The molecule has 1 aliphatic heterocycles. The van der Waals surface area contributed by atoms with Crippen molar-refractivity contribution in [3.63, 3.8) is 0 Å². The third-order valence-electron chi connectivity index (χ3n) is 5.10. The number of alkyl halides is 3. The van der Waals surface area contributed by atoms with E-state index in [1.54, 1.807) is 6.20 Å². The van der Waals surface area contributed by atoms with Crippen LogP contribution in [0.15, 0.2) is 48.7 Å². The zero-order valence-corrected chi connectivity index (χ0v) is 16.5. The van der Waals surface area contributed by atoms with Gasteiger partial charge in [-0.1, -0.05) is 18.2 Å². The Morgan fingerprint density at radius 2 is 1.90 bits per heavy atom. The van der Waals surface area contributed by atoms with Crippen molar-refractivity contribution in [3.8, 4) is 5.88 Å². The van der Waals surface area contributed by atoms with Crippen LogP contribution in [-0.2, 0) is 16.1 Å². The maximum Gasteiger partial charge on any atom is 0.490 e. The maximum absolute atomic E-state index is 13.1. The highest BCUT2D eigenvalue weighted by Crippen LogP contribution is 2.33. The Morgan fingerprint density at radius 1 is 1.19 bits per heavy atom. The van der Waals surface area contributed by atoms with Crippen molar-refractivity contribution in [2.24, 2.45) is 0 Å². The molecule has 1 saturated carbocycles. The number of pyridine rings is 1. The lowest BCUT2D eigenvalue weighted by Gasteiger charge is -2.39. The van der Waals surface area contributed by atoms with E-state index < -0.39 is 12.1 Å². The third-order valence-corrected chi connectivity index (χ3v) is 5.10. The largest absolute Gasteiger partial charge is 0.490 e. The zero-order valence-electron chi connectivity index (χ0n) is 16.5. The number of hydrogen-bond acceptors (Lipinski definition) is 5. The van der Waals surface area contributed by atoms with E-state index in [2.05, 4.69) is 9.88 Å². The number of ether oxygens (including phenoxy) is 2. The fourth-order valence-electron chi connectivity index (χ4n) is 3.71. The summed E-state index contributed by atoms with van der Waals surface area (Å²) in [5.41, 5.74) is 1.13. The van der Waals surface area contributed by atoms with Crippen molar-refractivity contribution in [1.82, 2.24) is 9.88 Å². The molecule has 2 heterocycles. The quantitative estimate of drug-likeness (QED) is 0.729. The van der Waals surface area contributed by atoms with E-state index in [0.29, 0.717) is 18.5 Å². The molecule has 168 valence electrons. The average molecular weight is 442 g/mol. The molecule has 0 spiro atoms. The molecule has 1 N–H and O–H groups in total. The minimum Gasteiger partial charge on any atom is -0.475 e. The minimum atomic E-state index is -5.08. The van der Waals surface area contributed by atoms with E-state index in [-0.39, 0.29) is 18.0 Å². The summed E-state index contributed by atoms with van der Waals surface area (Å²) in [4.78, 5) is 15.6. The number of aromatic nitrogens is 1. The van der Waals surface area contributed by atoms with Gasteiger partial charge in [0.1, 0.15) is 18.0 Å². The standard InChI is InChI=1S/C19H21FN2O2.C2HF3O2/c20-15-6-4-14(5-7-15)13-22-11-12-23-19-16(22)8-9-17(19)24-18-3-1-2-10-21-18;3-2(4,5)1(6)7/h1-7,10,16-17,19H,8-9,11-13H2;(H,6,7)/t16-,17+,19+;/m0./s1. The van der Waals surface area contributed by atoms with Gasteiger partial charge < -0.3 is 14.6 Å². The molecule has 31 heavy (non-hydrogen) atoms. The molecule has 1 aliphatic carbocycles. The van der Waals surface area contributed by atoms with Gasteiger partial charge >= 0.3 is 12.1 Å². The van der Waals surface area contributed by atoms with Crippen LogP contribution >= 0.6 is 0 Å². The number of hydrogen-bond donors (Lipinski definition) is 1. The Kier molecular flexibility index (Phi) is 7.45. The molecule has 10 heteroatoms. The number of rotatable bonds is 4. The van der Waals surface area contributed by atoms with Crippen LogP contribution in [0.1, 0.15) is 18.4 Å². The fraction of sp³-hybridized carbons (Fsp3) is 0.429. The molecule has 0 bridgehead atoms. The molecule has 3 atom stereocenters. The molecule has 2 fully saturated rings. The van der Waals surface area contributed by atoms with Crippen molar-refractivity contribution in [1.29, 1.82) is 0 Å². The van der Waals surface area contributed by atoms with Crippen molar-refractivity contribution in [2.45, 2.75) is 43.8 Å². The number of benzene rings is 1. The van der Waals surface area contributed by atoms with Crippen molar-refractivity contribution >= 4 is 5.97 Å². The SMILES string of the molecule is Fc1ccc(CN2CCO[C@H]3[C@H](Oc4ccccn4)CC[C@@H]32)cc1.O=C(O)C(F)(F)F. The molecular formula is C21H22F4N2O4. The first-order chi connectivity index (χ1) is 14.7. The van der Waals surface area contributed by atoms with E-state index in [1.807, 2.05) is 30.3 Å². The predicted octanol–water partition coefficient (Wildman–Crippen LogP) is 3.66. The molecule has 6 nitrogen and oxygen atoms in total. The van der Waals surface area contributed by atoms with Crippen LogP contribution in [0.25, 0.3) is 0 Å². The predicted molar refractivity (Wildman–Crippen MR) is 102 cm³/mol. The summed E-state index contributed by atoms with van der Waals surface area (Å²) in [5.74, 6) is -2.29. The smallest absolute Gasteiger partial charge is 0.475 e. The number of aliphatic carboxylic acids is 1. The van der Waals surface area contributed by atoms with E-state index in [4.69, 9.17) is 19.4 Å². The van der Waals surface area contributed by atoms with E-state index in [0.717, 1.165) is 31.5 Å². The van der Waals surface area contributed by atoms with Gasteiger partial charge in [-0.2, -0.15) is 13.2 Å². The van der Waals surface area contributed by atoms with Crippen LogP contribution in [0.4, 0.5) is 17.6 Å². The van der Waals surface area contributed by atoms with Gasteiger partial charge in [-0.15, -0.1) is 0 Å². The summed E-state index contributed by atoms with van der Waals surface area (Å²) in [6, 6.07) is 12.8. The number of carboxylic acids is 1. The summed E-state index contributed by atoms with van der Waals surface area (Å²) in [5, 5.41) is 7.12. The lowest BCUT2D eigenvalue weighted by atomic mass is 10.1. The summed E-state index contributed by atoms with van der Waals surface area (Å²) in [6.45, 7) is 2.42. The molecule has 0 unspecified atom stereocenters. The first-order valence-electron chi connectivity index (χ1n) is 9.72. The summed E-state index contributed by atoms with van der Waals surface area (Å²) in [6.07, 6.45) is -1.22. The molecule has 1 aromatic carbocycles. The lowest BCUT2D eigenvalue weighted by Crippen LogP contribution is -2.51. The minimum absolute atomic E-state index is 0.0425. The Labute approximate surface area is 176 Å². The van der Waals surface area contributed by atoms with Crippen LogP contribution in [0.5, 0.6) is 5.88 Å².